The van der Waals surface area contributed by atoms with Crippen molar-refractivity contribution in [3.05, 3.63) is 36.4 Å². The van der Waals surface area contributed by atoms with Crippen molar-refractivity contribution in [1.82, 2.24) is 0 Å². The fourth-order valence-corrected chi connectivity index (χ4v) is 2.33. The minimum atomic E-state index is -0.148. The molecule has 0 spiro atoms. The Morgan fingerprint density at radius 1 is 1.21 bits per heavy atom. The Bertz CT molecular complexity index is 588. The first kappa shape index (κ1) is 13.8. The molecule has 0 heterocycles. The SMILES string of the molecule is COOOSc1c(NC(C)=O)ccc2ccccc12. The van der Waals surface area contributed by atoms with E-state index in [2.05, 4.69) is 15.2 Å². The van der Waals surface area contributed by atoms with Gasteiger partial charge in [-0.15, -0.1) is 4.33 Å². The average Bonchev–Trinajstić information content (AvgIpc) is 2.40. The third-order valence-corrected chi connectivity index (χ3v) is 3.13. The first-order valence-corrected chi connectivity index (χ1v) is 6.30. The van der Waals surface area contributed by atoms with E-state index < -0.39 is 0 Å². The molecule has 0 radical (unpaired) electrons. The molecule has 0 aliphatic rings. The smallest absolute Gasteiger partial charge is 0.221 e. The zero-order chi connectivity index (χ0) is 13.7. The second-order valence-corrected chi connectivity index (χ2v) is 4.44. The van der Waals surface area contributed by atoms with E-state index in [-0.39, 0.29) is 5.91 Å². The number of amides is 1. The highest BCUT2D eigenvalue weighted by Gasteiger charge is 2.11. The maximum absolute atomic E-state index is 11.2. The molecule has 100 valence electrons. The molecule has 0 aromatic heterocycles. The van der Waals surface area contributed by atoms with Crippen LogP contribution < -0.4 is 5.32 Å². The van der Waals surface area contributed by atoms with Crippen LogP contribution in [0.1, 0.15) is 6.92 Å². The lowest BCUT2D eigenvalue weighted by molar-refractivity contribution is -0.447. The molecule has 0 saturated carbocycles. The van der Waals surface area contributed by atoms with Crippen molar-refractivity contribution in [3.63, 3.8) is 0 Å². The molecule has 5 nitrogen and oxygen atoms in total. The predicted molar refractivity (Wildman–Crippen MR) is 73.3 cm³/mol. The van der Waals surface area contributed by atoms with Crippen LogP contribution in [0.4, 0.5) is 5.69 Å². The number of fused-ring (bicyclic) bond motifs is 1. The Kier molecular flexibility index (Phi) is 4.75. The molecule has 0 aliphatic carbocycles. The summed E-state index contributed by atoms with van der Waals surface area (Å²) in [5.74, 6) is -0.148. The zero-order valence-corrected chi connectivity index (χ0v) is 11.3. The minimum Gasteiger partial charge on any atom is -0.325 e. The molecule has 1 amide bonds. The largest absolute Gasteiger partial charge is 0.325 e. The van der Waals surface area contributed by atoms with Crippen LogP contribution in [0.3, 0.4) is 0 Å². The van der Waals surface area contributed by atoms with Crippen molar-refractivity contribution in [2.45, 2.75) is 11.8 Å². The Hall–Kier alpha value is -1.60. The summed E-state index contributed by atoms with van der Waals surface area (Å²) in [6.45, 7) is 1.45. The second kappa shape index (κ2) is 6.53. The second-order valence-electron chi connectivity index (χ2n) is 3.73. The predicted octanol–water partition coefficient (Wildman–Crippen LogP) is 3.31. The summed E-state index contributed by atoms with van der Waals surface area (Å²) >= 11 is 0.981. The average molecular weight is 279 g/mol. The van der Waals surface area contributed by atoms with Gasteiger partial charge >= 0.3 is 0 Å². The van der Waals surface area contributed by atoms with E-state index in [1.807, 2.05) is 36.4 Å². The Labute approximate surface area is 114 Å². The van der Waals surface area contributed by atoms with Crippen LogP contribution in [0, 0.1) is 0 Å². The molecule has 2 rings (SSSR count). The van der Waals surface area contributed by atoms with Gasteiger partial charge in [0.1, 0.15) is 0 Å². The molecule has 0 fully saturated rings. The lowest BCUT2D eigenvalue weighted by Crippen LogP contribution is -2.07. The van der Waals surface area contributed by atoms with Crippen LogP contribution in [0.5, 0.6) is 0 Å². The van der Waals surface area contributed by atoms with E-state index in [4.69, 9.17) is 4.33 Å². The number of carbonyl (C=O) groups is 1. The van der Waals surface area contributed by atoms with Crippen molar-refractivity contribution in [2.75, 3.05) is 12.4 Å². The lowest BCUT2D eigenvalue weighted by Gasteiger charge is -2.11. The molecule has 0 atom stereocenters. The highest BCUT2D eigenvalue weighted by atomic mass is 32.2. The fourth-order valence-electron chi connectivity index (χ4n) is 1.70. The summed E-state index contributed by atoms with van der Waals surface area (Å²) in [5.41, 5.74) is 0.663. The quantitative estimate of drug-likeness (QED) is 0.394. The molecule has 0 bridgehead atoms. The molecule has 0 unspecified atom stereocenters. The molecule has 6 heteroatoms. The highest BCUT2D eigenvalue weighted by molar-refractivity contribution is 7.95. The summed E-state index contributed by atoms with van der Waals surface area (Å²) < 4.78 is 4.84. The van der Waals surface area contributed by atoms with Gasteiger partial charge in [0.15, 0.2) is 0 Å². The summed E-state index contributed by atoms with van der Waals surface area (Å²) in [6, 6.07) is 11.5. The topological polar surface area (TPSA) is 56.8 Å². The van der Waals surface area contributed by atoms with Gasteiger partial charge in [0.2, 0.25) is 5.91 Å². The third-order valence-electron chi connectivity index (χ3n) is 2.40. The molecule has 19 heavy (non-hydrogen) atoms. The minimum absolute atomic E-state index is 0.148. The first-order valence-electron chi connectivity index (χ1n) is 5.55. The monoisotopic (exact) mass is 279 g/mol. The van der Waals surface area contributed by atoms with Crippen LogP contribution >= 0.6 is 12.0 Å². The molecule has 2 aromatic rings. The van der Waals surface area contributed by atoms with Crippen molar-refractivity contribution in [2.24, 2.45) is 0 Å². The number of nitrogens with one attached hydrogen (secondary N) is 1. The van der Waals surface area contributed by atoms with Gasteiger partial charge in [0.25, 0.3) is 0 Å². The maximum Gasteiger partial charge on any atom is 0.221 e. The van der Waals surface area contributed by atoms with Crippen LogP contribution in [0.25, 0.3) is 10.8 Å². The zero-order valence-electron chi connectivity index (χ0n) is 10.5. The first-order chi connectivity index (χ1) is 9.22. The number of carbonyl (C=O) groups excluding carboxylic acids is 1. The van der Waals surface area contributed by atoms with Gasteiger partial charge in [-0.2, -0.15) is 0 Å². The number of anilines is 1. The summed E-state index contributed by atoms with van der Waals surface area (Å²) in [5, 5.41) is 9.15. The number of hydrogen-bond donors (Lipinski definition) is 1. The van der Waals surface area contributed by atoms with Gasteiger partial charge in [-0.1, -0.05) is 35.4 Å². The molecular weight excluding hydrogens is 266 g/mol. The van der Waals surface area contributed by atoms with Crippen molar-refractivity contribution >= 4 is 34.4 Å². The van der Waals surface area contributed by atoms with Gasteiger partial charge in [-0.25, -0.2) is 4.89 Å². The van der Waals surface area contributed by atoms with Gasteiger partial charge in [0.05, 0.1) is 29.7 Å². The molecule has 1 N–H and O–H groups in total. The summed E-state index contributed by atoms with van der Waals surface area (Å²) in [6.07, 6.45) is 0. The van der Waals surface area contributed by atoms with Crippen molar-refractivity contribution < 1.29 is 19.1 Å². The van der Waals surface area contributed by atoms with E-state index in [0.717, 1.165) is 27.7 Å². The number of rotatable bonds is 5. The van der Waals surface area contributed by atoms with E-state index in [9.17, 15) is 4.79 Å². The van der Waals surface area contributed by atoms with Gasteiger partial charge in [0, 0.05) is 6.92 Å². The summed E-state index contributed by atoms with van der Waals surface area (Å²) in [4.78, 5) is 16.3. The van der Waals surface area contributed by atoms with E-state index >= 15 is 0 Å². The van der Waals surface area contributed by atoms with E-state index in [1.165, 1.54) is 14.0 Å². The van der Waals surface area contributed by atoms with Gasteiger partial charge in [-0.3, -0.25) is 4.79 Å². The lowest BCUT2D eigenvalue weighted by atomic mass is 10.1. The molecule has 0 aliphatic heterocycles. The molecular formula is C13H13NO4S. The Morgan fingerprint density at radius 3 is 2.74 bits per heavy atom. The number of hydrogen-bond acceptors (Lipinski definition) is 5. The third kappa shape index (κ3) is 3.45. The number of benzene rings is 2. The molecule has 2 aromatic carbocycles. The van der Waals surface area contributed by atoms with Crippen LogP contribution in [-0.4, -0.2) is 13.0 Å². The van der Waals surface area contributed by atoms with Gasteiger partial charge in [-0.05, 0) is 16.8 Å². The maximum atomic E-state index is 11.2. The fraction of sp³-hybridized carbons (Fsp3) is 0.154. The van der Waals surface area contributed by atoms with Crippen LogP contribution in [0.15, 0.2) is 41.3 Å². The van der Waals surface area contributed by atoms with Crippen LogP contribution in [-0.2, 0) is 19.1 Å². The standard InChI is InChI=1S/C13H13NO4S/c1-9(15)14-12-8-7-10-5-3-4-6-11(10)13(12)19-18-17-16-2/h3-8H,1-2H3,(H,14,15). The highest BCUT2D eigenvalue weighted by Crippen LogP contribution is 2.35. The van der Waals surface area contributed by atoms with E-state index in [0.29, 0.717) is 5.69 Å². The van der Waals surface area contributed by atoms with E-state index in [1.54, 1.807) is 0 Å². The van der Waals surface area contributed by atoms with Crippen molar-refractivity contribution in [3.8, 4) is 0 Å². The summed E-state index contributed by atoms with van der Waals surface area (Å²) in [7, 11) is 1.35. The Balaban J connectivity index is 2.41. The molecule has 0 saturated heterocycles. The normalized spacial score (nSPS) is 10.6. The van der Waals surface area contributed by atoms with Gasteiger partial charge < -0.3 is 5.32 Å². The van der Waals surface area contributed by atoms with Crippen LogP contribution in [0.2, 0.25) is 0 Å². The van der Waals surface area contributed by atoms with Crippen molar-refractivity contribution in [1.29, 1.82) is 0 Å². The Morgan fingerprint density at radius 2 is 2.00 bits per heavy atom.